The molecule has 0 saturated carbocycles. The fourth-order valence-corrected chi connectivity index (χ4v) is 8.79. The van der Waals surface area contributed by atoms with Gasteiger partial charge in [0.2, 0.25) is 0 Å². The number of rotatable bonds is 8. The molecule has 0 saturated heterocycles. The van der Waals surface area contributed by atoms with E-state index in [2.05, 4.69) is 13.2 Å². The molecule has 2 radical (unpaired) electrons. The number of allylic oxidation sites excluding steroid dienone is 5. The predicted octanol–water partition coefficient (Wildman–Crippen LogP) is 3.61. The summed E-state index contributed by atoms with van der Waals surface area (Å²) in [7, 11) is 2.21. The van der Waals surface area contributed by atoms with Crippen molar-refractivity contribution in [1.29, 1.82) is 0 Å². The van der Waals surface area contributed by atoms with E-state index in [1.807, 2.05) is 24.3 Å². The number of aromatic hydroxyl groups is 1. The summed E-state index contributed by atoms with van der Waals surface area (Å²) < 4.78 is 47.3. The summed E-state index contributed by atoms with van der Waals surface area (Å²) in [6.45, 7) is 0.651. The van der Waals surface area contributed by atoms with Gasteiger partial charge >= 0.3 is 196 Å². The van der Waals surface area contributed by atoms with Crippen molar-refractivity contribution in [3.05, 3.63) is 84.8 Å². The molecule has 0 spiro atoms. The van der Waals surface area contributed by atoms with Crippen molar-refractivity contribution < 1.29 is 17.9 Å². The normalized spacial score (nSPS) is 16.6. The van der Waals surface area contributed by atoms with Crippen molar-refractivity contribution in [2.45, 2.75) is 11.3 Å². The first-order valence-corrected chi connectivity index (χ1v) is 14.4. The molecule has 164 valence electrons. The Morgan fingerprint density at radius 3 is 2.59 bits per heavy atom. The topological polar surface area (TPSA) is 90.8 Å². The third kappa shape index (κ3) is 4.81. The Morgan fingerprint density at radius 2 is 1.81 bits per heavy atom. The zero-order valence-corrected chi connectivity index (χ0v) is 19.9. The van der Waals surface area contributed by atoms with Crippen LogP contribution in [0.5, 0.6) is 5.75 Å². The molecule has 3 N–H and O–H groups in total. The van der Waals surface area contributed by atoms with E-state index in [0.29, 0.717) is 24.0 Å². The molecule has 0 aliphatic carbocycles. The van der Waals surface area contributed by atoms with Crippen LogP contribution in [0.4, 0.5) is 4.39 Å². The second kappa shape index (κ2) is 9.59. The maximum atomic E-state index is 13.8. The Balaban J connectivity index is 1.41. The summed E-state index contributed by atoms with van der Waals surface area (Å²) in [4.78, 5) is -0.362. The Kier molecular flexibility index (Phi) is 6.82. The Morgan fingerprint density at radius 1 is 1.06 bits per heavy atom. The monoisotopic (exact) mass is 563 g/mol. The summed E-state index contributed by atoms with van der Waals surface area (Å²) in [6, 6.07) is 12.4. The third-order valence-electron chi connectivity index (χ3n) is 4.79. The number of nitrogens with zero attached hydrogens (tertiary/aromatic N) is 1. The number of benzene rings is 2. The Labute approximate surface area is 195 Å². The van der Waals surface area contributed by atoms with Crippen LogP contribution in [0.25, 0.3) is 5.57 Å². The second-order valence-electron chi connectivity index (χ2n) is 7.01. The first-order valence-electron chi connectivity index (χ1n) is 9.80. The molecule has 10 heteroatoms. The van der Waals surface area contributed by atoms with Gasteiger partial charge in [0.25, 0.3) is 0 Å². The van der Waals surface area contributed by atoms with E-state index in [4.69, 9.17) is 7.85 Å². The molecule has 0 unspecified atom stereocenters. The summed E-state index contributed by atoms with van der Waals surface area (Å²) in [5.74, 6) is -0.603. The molecule has 6 nitrogen and oxygen atoms in total. The quantitative estimate of drug-likeness (QED) is 0.198. The van der Waals surface area contributed by atoms with Gasteiger partial charge in [0.1, 0.15) is 0 Å². The molecular weight excluding hydrogens is 543 g/mol. The maximum absolute atomic E-state index is 13.8. The van der Waals surface area contributed by atoms with Crippen LogP contribution in [0.15, 0.2) is 81.5 Å². The van der Waals surface area contributed by atoms with Crippen molar-refractivity contribution >= 4 is 49.8 Å². The molecule has 2 aliphatic rings. The number of para-hydroxylation sites is 1. The molecule has 2 aromatic rings. The number of fused-ring (bicyclic) bond motifs is 1. The van der Waals surface area contributed by atoms with Crippen molar-refractivity contribution in [2.75, 3.05) is 13.1 Å². The third-order valence-corrected chi connectivity index (χ3v) is 11.0. The number of sulfonamides is 1. The molecule has 4 rings (SSSR count). The van der Waals surface area contributed by atoms with E-state index in [1.54, 1.807) is 18.3 Å². The van der Waals surface area contributed by atoms with E-state index in [-0.39, 0.29) is 17.2 Å². The van der Waals surface area contributed by atoms with Gasteiger partial charge in [0.05, 0.1) is 0 Å². The fourth-order valence-electron chi connectivity index (χ4n) is 3.21. The average molecular weight is 563 g/mol. The molecule has 32 heavy (non-hydrogen) atoms. The first-order chi connectivity index (χ1) is 15.4. The molecular formula is C22H20BFIN3O3S. The van der Waals surface area contributed by atoms with E-state index >= 15 is 0 Å². The van der Waals surface area contributed by atoms with E-state index in [1.165, 1.54) is 18.2 Å². The van der Waals surface area contributed by atoms with Gasteiger partial charge in [-0.25, -0.2) is 0 Å². The molecule has 0 atom stereocenters. The van der Waals surface area contributed by atoms with Crippen LogP contribution in [-0.4, -0.2) is 40.7 Å². The van der Waals surface area contributed by atoms with Crippen LogP contribution in [0, 0.1) is 5.82 Å². The zero-order chi connectivity index (χ0) is 22.7. The van der Waals surface area contributed by atoms with Gasteiger partial charge in [0.15, 0.2) is 0 Å². The molecule has 2 aromatic carbocycles. The molecule has 0 amide bonds. The predicted molar refractivity (Wildman–Crippen MR) is 134 cm³/mol. The Bertz CT molecular complexity index is 1270. The van der Waals surface area contributed by atoms with Gasteiger partial charge < -0.3 is 0 Å². The van der Waals surface area contributed by atoms with Crippen LogP contribution >= 0.6 is 20.1 Å². The first kappa shape index (κ1) is 22.7. The van der Waals surface area contributed by atoms with Gasteiger partial charge in [-0.1, -0.05) is 0 Å². The molecule has 0 bridgehead atoms. The van der Waals surface area contributed by atoms with Crippen LogP contribution < -0.4 is 10.0 Å². The SMILES string of the molecule is [B]C1=C2C=C(c3ccccc3O)C=C(NCCCNS(=O)(=O)c3ccccc3F)I2N=C1. The number of nitrogens with one attached hydrogen (secondary N) is 2. The number of phenolic OH excluding ortho intramolecular Hbond substituents is 1. The van der Waals surface area contributed by atoms with Crippen molar-refractivity contribution in [1.82, 2.24) is 10.0 Å². The van der Waals surface area contributed by atoms with E-state index in [9.17, 15) is 17.9 Å². The summed E-state index contributed by atoms with van der Waals surface area (Å²) in [5, 5.41) is 13.6. The van der Waals surface area contributed by atoms with E-state index < -0.39 is 35.9 Å². The van der Waals surface area contributed by atoms with Crippen LogP contribution in [0.1, 0.15) is 12.0 Å². The number of hydrogen-bond donors (Lipinski definition) is 3. The average Bonchev–Trinajstić information content (AvgIpc) is 3.15. The molecule has 2 aliphatic heterocycles. The fraction of sp³-hybridized carbons (Fsp3) is 0.136. The van der Waals surface area contributed by atoms with Gasteiger partial charge in [0, 0.05) is 0 Å². The van der Waals surface area contributed by atoms with Crippen molar-refractivity contribution in [3.8, 4) is 5.75 Å². The van der Waals surface area contributed by atoms with Crippen molar-refractivity contribution in [3.63, 3.8) is 0 Å². The minimum absolute atomic E-state index is 0.154. The molecule has 0 fully saturated rings. The molecule has 2 heterocycles. The van der Waals surface area contributed by atoms with Crippen LogP contribution in [0.2, 0.25) is 0 Å². The molecule has 0 aromatic heterocycles. The number of hydrogen-bond acceptors (Lipinski definition) is 5. The minimum atomic E-state index is -3.91. The van der Waals surface area contributed by atoms with Crippen LogP contribution in [-0.2, 0) is 10.0 Å². The standard InChI is InChI=1S/C22H20BFIN3O3S/c23-17-14-27-25-19(17)12-15(16-6-1-3-8-20(16)29)13-22(25)26-10-5-11-28-32(30,31)21-9-4-2-7-18(21)24/h1-4,6-9,12-14,26,28-29H,5,10-11H2. The van der Waals surface area contributed by atoms with Crippen LogP contribution in [0.3, 0.4) is 0 Å². The summed E-state index contributed by atoms with van der Waals surface area (Å²) in [5.41, 5.74) is 2.17. The summed E-state index contributed by atoms with van der Waals surface area (Å²) >= 11 is -2.06. The van der Waals surface area contributed by atoms with Crippen molar-refractivity contribution in [2.24, 2.45) is 3.21 Å². The zero-order valence-electron chi connectivity index (χ0n) is 16.9. The van der Waals surface area contributed by atoms with Gasteiger partial charge in [-0.3, -0.25) is 0 Å². The van der Waals surface area contributed by atoms with E-state index in [0.717, 1.165) is 18.9 Å². The number of phenols is 1. The second-order valence-corrected chi connectivity index (χ2v) is 13.1. The summed E-state index contributed by atoms with van der Waals surface area (Å²) in [6.07, 6.45) is 6.13. The van der Waals surface area contributed by atoms with Gasteiger partial charge in [-0.05, 0) is 0 Å². The van der Waals surface area contributed by atoms with Gasteiger partial charge in [-0.15, -0.1) is 0 Å². The number of halogens is 2. The Hall–Kier alpha value is -2.44. The van der Waals surface area contributed by atoms with Gasteiger partial charge in [-0.2, -0.15) is 0 Å².